The first-order valence-corrected chi connectivity index (χ1v) is 10.9. The molecule has 3 aromatic rings. The zero-order chi connectivity index (χ0) is 21.0. The molecule has 0 atom stereocenters. The maximum Gasteiger partial charge on any atom is 0.276 e. The van der Waals surface area contributed by atoms with Crippen LogP contribution in [-0.2, 0) is 6.42 Å². The molecule has 3 heterocycles. The molecule has 31 heavy (non-hydrogen) atoms. The molecule has 1 fully saturated rings. The smallest absolute Gasteiger partial charge is 0.276 e. The van der Waals surface area contributed by atoms with E-state index in [1.807, 2.05) is 23.1 Å². The molecule has 0 saturated carbocycles. The summed E-state index contributed by atoms with van der Waals surface area (Å²) in [5.74, 6) is 2.02. The summed E-state index contributed by atoms with van der Waals surface area (Å²) in [4.78, 5) is 14.8. The van der Waals surface area contributed by atoms with Crippen LogP contribution in [0.3, 0.4) is 0 Å². The van der Waals surface area contributed by atoms with E-state index in [0.29, 0.717) is 30.6 Å². The van der Waals surface area contributed by atoms with E-state index in [0.717, 1.165) is 43.8 Å². The van der Waals surface area contributed by atoms with Gasteiger partial charge in [0, 0.05) is 19.2 Å². The van der Waals surface area contributed by atoms with Gasteiger partial charge in [0.15, 0.2) is 17.2 Å². The number of carbonyl (C=O) groups is 1. The summed E-state index contributed by atoms with van der Waals surface area (Å²) in [6, 6.07) is 16.2. The van der Waals surface area contributed by atoms with Crippen LogP contribution in [0.15, 0.2) is 54.7 Å². The molecular weight excluding hydrogens is 392 g/mol. The molecule has 0 aliphatic carbocycles. The highest BCUT2D eigenvalue weighted by Crippen LogP contribution is 2.32. The van der Waals surface area contributed by atoms with Gasteiger partial charge in [-0.15, -0.1) is 5.10 Å². The fourth-order valence-corrected chi connectivity index (χ4v) is 4.26. The van der Waals surface area contributed by atoms with Crippen molar-refractivity contribution in [2.45, 2.75) is 25.7 Å². The van der Waals surface area contributed by atoms with Crippen molar-refractivity contribution in [2.75, 3.05) is 26.3 Å². The van der Waals surface area contributed by atoms with Gasteiger partial charge >= 0.3 is 0 Å². The number of amides is 1. The monoisotopic (exact) mass is 418 g/mol. The van der Waals surface area contributed by atoms with E-state index in [4.69, 9.17) is 9.47 Å². The zero-order valence-corrected chi connectivity index (χ0v) is 17.4. The Labute approximate surface area is 181 Å². The van der Waals surface area contributed by atoms with E-state index in [1.165, 1.54) is 12.0 Å². The molecule has 1 aromatic heterocycles. The number of nitrogens with zero attached hydrogens (tertiary/aromatic N) is 4. The molecule has 0 unspecified atom stereocenters. The number of aromatic nitrogens is 3. The van der Waals surface area contributed by atoms with Crippen LogP contribution in [0.5, 0.6) is 11.5 Å². The second kappa shape index (κ2) is 8.79. The molecule has 7 nitrogen and oxygen atoms in total. The van der Waals surface area contributed by atoms with Gasteiger partial charge in [-0.25, -0.2) is 4.68 Å². The summed E-state index contributed by atoms with van der Waals surface area (Å²) >= 11 is 0. The summed E-state index contributed by atoms with van der Waals surface area (Å²) in [6.07, 6.45) is 6.04. The third kappa shape index (κ3) is 4.40. The standard InChI is InChI=1S/C24H26N4O3/c29-24(27-12-10-19(11-13-27)7-6-18-4-2-1-3-5-18)21-17-28(26-25-21)20-8-9-22-23(16-20)31-15-14-30-22/h1-5,8-9,16-17,19H,6-7,10-15H2. The zero-order valence-electron chi connectivity index (χ0n) is 17.4. The third-order valence-electron chi connectivity index (χ3n) is 6.09. The van der Waals surface area contributed by atoms with E-state index < -0.39 is 0 Å². The molecule has 0 bridgehead atoms. The van der Waals surface area contributed by atoms with E-state index in [-0.39, 0.29) is 5.91 Å². The first-order chi connectivity index (χ1) is 15.3. The van der Waals surface area contributed by atoms with Gasteiger partial charge in [0.25, 0.3) is 5.91 Å². The Balaban J connectivity index is 1.18. The minimum atomic E-state index is -0.0506. The van der Waals surface area contributed by atoms with E-state index in [2.05, 4.69) is 40.6 Å². The third-order valence-corrected chi connectivity index (χ3v) is 6.09. The molecule has 160 valence electrons. The lowest BCUT2D eigenvalue weighted by Crippen LogP contribution is -2.38. The fraction of sp³-hybridized carbons (Fsp3) is 0.375. The highest BCUT2D eigenvalue weighted by molar-refractivity contribution is 5.92. The van der Waals surface area contributed by atoms with Crippen LogP contribution in [0.1, 0.15) is 35.3 Å². The largest absolute Gasteiger partial charge is 0.486 e. The van der Waals surface area contributed by atoms with Crippen molar-refractivity contribution in [1.29, 1.82) is 0 Å². The van der Waals surface area contributed by atoms with Crippen LogP contribution < -0.4 is 9.47 Å². The summed E-state index contributed by atoms with van der Waals surface area (Å²) in [6.45, 7) is 2.63. The minimum absolute atomic E-state index is 0.0506. The predicted octanol–water partition coefficient (Wildman–Crippen LogP) is 3.52. The number of hydrogen-bond acceptors (Lipinski definition) is 5. The van der Waals surface area contributed by atoms with Gasteiger partial charge in [0.05, 0.1) is 11.9 Å². The van der Waals surface area contributed by atoms with Gasteiger partial charge in [-0.2, -0.15) is 0 Å². The molecule has 2 aliphatic heterocycles. The normalized spacial score (nSPS) is 16.3. The van der Waals surface area contributed by atoms with Crippen LogP contribution >= 0.6 is 0 Å². The molecule has 0 radical (unpaired) electrons. The number of ether oxygens (including phenoxy) is 2. The summed E-state index contributed by atoms with van der Waals surface area (Å²) in [5.41, 5.74) is 2.55. The minimum Gasteiger partial charge on any atom is -0.486 e. The number of benzene rings is 2. The molecule has 7 heteroatoms. The quantitative estimate of drug-likeness (QED) is 0.634. The number of fused-ring (bicyclic) bond motifs is 1. The molecule has 1 amide bonds. The van der Waals surface area contributed by atoms with Crippen LogP contribution in [0, 0.1) is 5.92 Å². The van der Waals surface area contributed by atoms with Crippen molar-refractivity contribution in [1.82, 2.24) is 19.9 Å². The Morgan fingerprint density at radius 2 is 1.77 bits per heavy atom. The van der Waals surface area contributed by atoms with Crippen LogP contribution in [0.4, 0.5) is 0 Å². The van der Waals surface area contributed by atoms with Crippen molar-refractivity contribution in [2.24, 2.45) is 5.92 Å². The molecule has 2 aromatic carbocycles. The Bertz CT molecular complexity index is 1040. The Kier molecular flexibility index (Phi) is 5.56. The second-order valence-electron chi connectivity index (χ2n) is 8.14. The summed E-state index contributed by atoms with van der Waals surface area (Å²) in [5, 5.41) is 8.28. The van der Waals surface area contributed by atoms with Crippen molar-refractivity contribution in [3.63, 3.8) is 0 Å². The first-order valence-electron chi connectivity index (χ1n) is 10.9. The highest BCUT2D eigenvalue weighted by atomic mass is 16.6. The number of carbonyl (C=O) groups excluding carboxylic acids is 1. The van der Waals surface area contributed by atoms with Gasteiger partial charge < -0.3 is 14.4 Å². The molecule has 0 N–H and O–H groups in total. The van der Waals surface area contributed by atoms with Crippen LogP contribution in [0.25, 0.3) is 5.69 Å². The van der Waals surface area contributed by atoms with E-state index in [9.17, 15) is 4.79 Å². The average molecular weight is 418 g/mol. The maximum atomic E-state index is 12.9. The maximum absolute atomic E-state index is 12.9. The molecule has 1 saturated heterocycles. The van der Waals surface area contributed by atoms with E-state index in [1.54, 1.807) is 10.9 Å². The van der Waals surface area contributed by atoms with Gasteiger partial charge in [-0.05, 0) is 49.3 Å². The first kappa shape index (κ1) is 19.6. The topological polar surface area (TPSA) is 69.5 Å². The SMILES string of the molecule is O=C(c1cn(-c2ccc3c(c2)OCCO3)nn1)N1CCC(CCc2ccccc2)CC1. The summed E-state index contributed by atoms with van der Waals surface area (Å²) < 4.78 is 12.8. The lowest BCUT2D eigenvalue weighted by atomic mass is 9.90. The number of hydrogen-bond donors (Lipinski definition) is 0. The van der Waals surface area contributed by atoms with Crippen LogP contribution in [0.2, 0.25) is 0 Å². The van der Waals surface area contributed by atoms with Crippen molar-refractivity contribution in [3.05, 3.63) is 66.0 Å². The second-order valence-corrected chi connectivity index (χ2v) is 8.14. The number of rotatable bonds is 5. The summed E-state index contributed by atoms with van der Waals surface area (Å²) in [7, 11) is 0. The highest BCUT2D eigenvalue weighted by Gasteiger charge is 2.25. The van der Waals surface area contributed by atoms with Gasteiger partial charge in [-0.1, -0.05) is 35.5 Å². The van der Waals surface area contributed by atoms with Crippen molar-refractivity contribution < 1.29 is 14.3 Å². The molecular formula is C24H26N4O3. The molecule has 0 spiro atoms. The number of likely N-dealkylation sites (tertiary alicyclic amines) is 1. The van der Waals surface area contributed by atoms with E-state index >= 15 is 0 Å². The van der Waals surface area contributed by atoms with Crippen molar-refractivity contribution >= 4 is 5.91 Å². The Morgan fingerprint density at radius 3 is 2.58 bits per heavy atom. The van der Waals surface area contributed by atoms with Gasteiger partial charge in [0.1, 0.15) is 13.2 Å². The lowest BCUT2D eigenvalue weighted by molar-refractivity contribution is 0.0681. The van der Waals surface area contributed by atoms with Gasteiger partial charge in [0.2, 0.25) is 0 Å². The molecule has 5 rings (SSSR count). The van der Waals surface area contributed by atoms with Gasteiger partial charge in [-0.3, -0.25) is 4.79 Å². The Morgan fingerprint density at radius 1 is 1.00 bits per heavy atom. The molecule has 2 aliphatic rings. The predicted molar refractivity (Wildman–Crippen MR) is 116 cm³/mol. The number of aryl methyl sites for hydroxylation is 1. The lowest BCUT2D eigenvalue weighted by Gasteiger charge is -2.31. The fourth-order valence-electron chi connectivity index (χ4n) is 4.26. The average Bonchev–Trinajstić information content (AvgIpc) is 3.33. The Hall–Kier alpha value is -3.35. The number of piperidine rings is 1. The van der Waals surface area contributed by atoms with Crippen molar-refractivity contribution in [3.8, 4) is 17.2 Å². The van der Waals surface area contributed by atoms with Crippen LogP contribution in [-0.4, -0.2) is 52.1 Å².